The molecule has 0 radical (unpaired) electrons. The maximum atomic E-state index is 12.7. The van der Waals surface area contributed by atoms with Crippen molar-refractivity contribution in [1.82, 2.24) is 24.7 Å². The summed E-state index contributed by atoms with van der Waals surface area (Å²) in [7, 11) is 0. The highest BCUT2D eigenvalue weighted by molar-refractivity contribution is 7.99. The summed E-state index contributed by atoms with van der Waals surface area (Å²) < 4.78 is 13.5. The summed E-state index contributed by atoms with van der Waals surface area (Å²) in [5.74, 6) is 0.531. The van der Waals surface area contributed by atoms with Gasteiger partial charge >= 0.3 is 6.09 Å². The third-order valence-electron chi connectivity index (χ3n) is 8.96. The lowest BCUT2D eigenvalue weighted by Crippen LogP contribution is -2.55. The van der Waals surface area contributed by atoms with Crippen molar-refractivity contribution < 1.29 is 24.2 Å². The Bertz CT molecular complexity index is 1870. The first kappa shape index (κ1) is 34.9. The molecule has 5 heterocycles. The topological polar surface area (TPSA) is 143 Å². The normalized spacial score (nSPS) is 19.0. The summed E-state index contributed by atoms with van der Waals surface area (Å²) in [4.78, 5) is 41.5. The van der Waals surface area contributed by atoms with Crippen LogP contribution in [-0.2, 0) is 20.9 Å². The Balaban J connectivity index is 1.17. The van der Waals surface area contributed by atoms with E-state index in [1.54, 1.807) is 0 Å². The number of carbonyl (C=O) groups excluding carboxylic acids is 2. The van der Waals surface area contributed by atoms with E-state index in [-0.39, 0.29) is 30.1 Å². The summed E-state index contributed by atoms with van der Waals surface area (Å²) in [6.45, 7) is 12.6. The van der Waals surface area contributed by atoms with Crippen molar-refractivity contribution in [3.8, 4) is 11.3 Å². The highest BCUT2D eigenvalue weighted by Crippen LogP contribution is 2.44. The van der Waals surface area contributed by atoms with E-state index < -0.39 is 11.7 Å². The van der Waals surface area contributed by atoms with Gasteiger partial charge in [-0.2, -0.15) is 0 Å². The van der Waals surface area contributed by atoms with Gasteiger partial charge in [0.15, 0.2) is 11.5 Å². The van der Waals surface area contributed by atoms with Crippen LogP contribution in [-0.4, -0.2) is 73.9 Å². The fourth-order valence-corrected chi connectivity index (χ4v) is 7.72. The van der Waals surface area contributed by atoms with Crippen molar-refractivity contribution in [3.05, 3.63) is 59.1 Å². The summed E-state index contributed by atoms with van der Waals surface area (Å²) in [6.07, 6.45) is 4.80. The van der Waals surface area contributed by atoms with Crippen LogP contribution < -0.4 is 15.5 Å². The average Bonchev–Trinajstić information content (AvgIpc) is 3.61. The minimum atomic E-state index is -0.587. The minimum Gasteiger partial charge on any atom is -0.444 e. The predicted octanol–water partition coefficient (Wildman–Crippen LogP) is 6.25. The smallest absolute Gasteiger partial charge is 0.407 e. The number of pyridine rings is 1. The summed E-state index contributed by atoms with van der Waals surface area (Å²) in [5, 5.41) is 17.4. The van der Waals surface area contributed by atoms with Gasteiger partial charge in [0.05, 0.1) is 41.8 Å². The van der Waals surface area contributed by atoms with Crippen molar-refractivity contribution in [2.75, 3.05) is 29.9 Å². The Labute approximate surface area is 295 Å². The molecule has 4 aromatic rings. The van der Waals surface area contributed by atoms with E-state index in [2.05, 4.69) is 15.5 Å². The lowest BCUT2D eigenvalue weighted by Gasteiger charge is -2.43. The van der Waals surface area contributed by atoms with Crippen molar-refractivity contribution in [1.29, 1.82) is 0 Å². The molecule has 2 aliphatic heterocycles. The maximum absolute atomic E-state index is 12.7. The number of carbonyl (C=O) groups is 2. The van der Waals surface area contributed by atoms with Gasteiger partial charge in [0, 0.05) is 54.0 Å². The SMILES string of the molecule is CC(=O)Nc1ccc(-c2cn3ccc(Sc4nc(CO)c(N5CCC6(CC5)CO[C@@H](C)[C@H]6NC(=O)OC(C)(C)C)nc4C)c(Cl)c3n2)cc1. The number of imidazole rings is 1. The van der Waals surface area contributed by atoms with Gasteiger partial charge in [0.1, 0.15) is 16.3 Å². The molecule has 0 aliphatic carbocycles. The van der Waals surface area contributed by atoms with Gasteiger partial charge in [-0.1, -0.05) is 35.5 Å². The third-order valence-corrected chi connectivity index (χ3v) is 10.6. The number of rotatable bonds is 7. The quantitative estimate of drug-likeness (QED) is 0.202. The number of hydrogen-bond acceptors (Lipinski definition) is 10. The molecule has 2 amide bonds. The number of aliphatic hydroxyl groups excluding tert-OH is 1. The number of hydrogen-bond donors (Lipinski definition) is 3. The summed E-state index contributed by atoms with van der Waals surface area (Å²) in [6, 6.07) is 9.21. The van der Waals surface area contributed by atoms with Gasteiger partial charge in [-0.3, -0.25) is 4.79 Å². The average molecular weight is 708 g/mol. The first-order valence-electron chi connectivity index (χ1n) is 16.3. The second-order valence-electron chi connectivity index (χ2n) is 13.7. The van der Waals surface area contributed by atoms with Crippen molar-refractivity contribution in [3.63, 3.8) is 0 Å². The number of piperidine rings is 1. The van der Waals surface area contributed by atoms with Crippen LogP contribution >= 0.6 is 23.4 Å². The number of aryl methyl sites for hydroxylation is 1. The van der Waals surface area contributed by atoms with Crippen LogP contribution in [0.25, 0.3) is 16.9 Å². The molecular weight excluding hydrogens is 666 g/mol. The van der Waals surface area contributed by atoms with E-state index in [0.29, 0.717) is 52.6 Å². The molecule has 2 atom stereocenters. The molecule has 1 aromatic carbocycles. The number of ether oxygens (including phenoxy) is 2. The minimum absolute atomic E-state index is 0.129. The molecule has 3 N–H and O–H groups in total. The van der Waals surface area contributed by atoms with E-state index >= 15 is 0 Å². The molecule has 2 aliphatic rings. The van der Waals surface area contributed by atoms with Crippen LogP contribution in [0.4, 0.5) is 16.3 Å². The number of nitrogens with one attached hydrogen (secondary N) is 2. The molecule has 0 unspecified atom stereocenters. The highest BCUT2D eigenvalue weighted by Gasteiger charge is 2.50. The van der Waals surface area contributed by atoms with Crippen molar-refractivity contribution in [2.24, 2.45) is 5.41 Å². The van der Waals surface area contributed by atoms with Crippen molar-refractivity contribution in [2.45, 2.75) is 88.7 Å². The maximum Gasteiger partial charge on any atom is 0.407 e. The lowest BCUT2D eigenvalue weighted by molar-refractivity contribution is -0.114. The number of alkyl carbamates (subject to hydrolysis) is 1. The van der Waals surface area contributed by atoms with Crippen LogP contribution in [0.3, 0.4) is 0 Å². The predicted molar refractivity (Wildman–Crippen MR) is 189 cm³/mol. The summed E-state index contributed by atoms with van der Waals surface area (Å²) >= 11 is 8.28. The number of aromatic nitrogens is 4. The van der Waals surface area contributed by atoms with Crippen LogP contribution in [0.1, 0.15) is 58.8 Å². The number of aliphatic hydroxyl groups is 1. The van der Waals surface area contributed by atoms with Gasteiger partial charge in [-0.05, 0) is 65.7 Å². The fourth-order valence-electron chi connectivity index (χ4n) is 6.54. The van der Waals surface area contributed by atoms with Gasteiger partial charge in [-0.15, -0.1) is 0 Å². The van der Waals surface area contributed by atoms with E-state index in [0.717, 1.165) is 34.7 Å². The number of anilines is 2. The molecule has 12 nitrogen and oxygen atoms in total. The van der Waals surface area contributed by atoms with Crippen molar-refractivity contribution >= 4 is 52.5 Å². The second kappa shape index (κ2) is 13.8. The molecule has 49 heavy (non-hydrogen) atoms. The largest absolute Gasteiger partial charge is 0.444 e. The van der Waals surface area contributed by atoms with Gasteiger partial charge in [0.25, 0.3) is 0 Å². The standard InChI is InChI=1S/C35H42ClN7O5S/c1-20-32(49-27-11-14-43-17-25(39-31(43)28(27)36)23-7-9-24(10-8-23)38-22(3)45)40-26(18-44)30(37-20)42-15-12-35(13-16-42)19-47-21(2)29(35)41-33(46)48-34(4,5)6/h7-11,14,17,21,29,44H,12-13,15-16,18-19H2,1-6H3,(H,38,45)(H,41,46)/t21-,29+/m0/s1. The Morgan fingerprint density at radius 3 is 2.51 bits per heavy atom. The van der Waals surface area contributed by atoms with Gasteiger partial charge < -0.3 is 34.5 Å². The molecule has 1 spiro atoms. The zero-order chi connectivity index (χ0) is 35.1. The lowest BCUT2D eigenvalue weighted by atomic mass is 9.73. The summed E-state index contributed by atoms with van der Waals surface area (Å²) in [5.41, 5.74) is 3.36. The highest BCUT2D eigenvalue weighted by atomic mass is 35.5. The zero-order valence-corrected chi connectivity index (χ0v) is 30.1. The Morgan fingerprint density at radius 1 is 1.14 bits per heavy atom. The van der Waals surface area contributed by atoms with Crippen LogP contribution in [0, 0.1) is 12.3 Å². The van der Waals surface area contributed by atoms with E-state index in [1.807, 2.05) is 81.7 Å². The number of fused-ring (bicyclic) bond motifs is 1. The fraction of sp³-hybridized carbons (Fsp3) is 0.457. The first-order chi connectivity index (χ1) is 23.2. The molecule has 6 rings (SSSR count). The Hall–Kier alpha value is -3.91. The van der Waals surface area contributed by atoms with Gasteiger partial charge in [0.2, 0.25) is 5.91 Å². The molecule has 14 heteroatoms. The monoisotopic (exact) mass is 707 g/mol. The van der Waals surface area contributed by atoms with Crippen LogP contribution in [0.15, 0.2) is 52.6 Å². The van der Waals surface area contributed by atoms with Crippen LogP contribution in [0.2, 0.25) is 5.02 Å². The number of amides is 2. The molecule has 260 valence electrons. The molecule has 0 bridgehead atoms. The second-order valence-corrected chi connectivity index (χ2v) is 15.2. The van der Waals surface area contributed by atoms with E-state index in [1.165, 1.54) is 18.7 Å². The zero-order valence-electron chi connectivity index (χ0n) is 28.5. The van der Waals surface area contributed by atoms with Gasteiger partial charge in [-0.25, -0.2) is 19.7 Å². The number of halogens is 1. The van der Waals surface area contributed by atoms with E-state index in [9.17, 15) is 14.7 Å². The first-order valence-corrected chi connectivity index (χ1v) is 17.5. The molecule has 0 saturated carbocycles. The van der Waals surface area contributed by atoms with Crippen LogP contribution in [0.5, 0.6) is 0 Å². The molecular formula is C35H42ClN7O5S. The van der Waals surface area contributed by atoms with E-state index in [4.69, 9.17) is 36.0 Å². The third kappa shape index (κ3) is 7.49. The number of nitrogens with zero attached hydrogens (tertiary/aromatic N) is 5. The molecule has 3 aromatic heterocycles. The Kier molecular flexibility index (Phi) is 9.82. The molecule has 2 saturated heterocycles. The number of benzene rings is 1. The molecule has 2 fully saturated rings. The Morgan fingerprint density at radius 2 is 1.86 bits per heavy atom.